The maximum atomic E-state index is 5.62. The predicted octanol–water partition coefficient (Wildman–Crippen LogP) is 2.58. The summed E-state index contributed by atoms with van der Waals surface area (Å²) >= 11 is 5.62. The van der Waals surface area contributed by atoms with Gasteiger partial charge in [0, 0.05) is 5.69 Å². The zero-order chi connectivity index (χ0) is 10.7. The molecular formula is C10H9ClN4. The van der Waals surface area contributed by atoms with E-state index in [1.165, 1.54) is 11.8 Å². The Bertz CT molecular complexity index is 429. The van der Waals surface area contributed by atoms with Crippen LogP contribution >= 0.6 is 11.6 Å². The minimum Gasteiger partial charge on any atom is -0.339 e. The Morgan fingerprint density at radius 2 is 2.20 bits per heavy atom. The predicted molar refractivity (Wildman–Crippen MR) is 59.3 cm³/mol. The number of nitrogens with zero attached hydrogens (tertiary/aromatic N) is 3. The molecule has 0 atom stereocenters. The molecular weight excluding hydrogens is 212 g/mol. The SMILES string of the molecule is Cc1cccc(Nc2cnnc(Cl)n2)c1. The number of hydrogen-bond acceptors (Lipinski definition) is 4. The highest BCUT2D eigenvalue weighted by Crippen LogP contribution is 2.15. The van der Waals surface area contributed by atoms with E-state index >= 15 is 0 Å². The summed E-state index contributed by atoms with van der Waals surface area (Å²) in [6.45, 7) is 2.02. The van der Waals surface area contributed by atoms with Crippen LogP contribution in [0, 0.1) is 6.92 Å². The first-order valence-corrected chi connectivity index (χ1v) is 4.81. The molecule has 0 fully saturated rings. The van der Waals surface area contributed by atoms with Gasteiger partial charge < -0.3 is 5.32 Å². The first-order chi connectivity index (χ1) is 7.24. The Morgan fingerprint density at radius 3 is 2.93 bits per heavy atom. The summed E-state index contributed by atoms with van der Waals surface area (Å²) in [5, 5.41) is 10.5. The molecule has 2 aromatic rings. The van der Waals surface area contributed by atoms with Gasteiger partial charge in [-0.15, -0.1) is 5.10 Å². The van der Waals surface area contributed by atoms with E-state index in [4.69, 9.17) is 11.6 Å². The zero-order valence-corrected chi connectivity index (χ0v) is 8.86. The Morgan fingerprint density at radius 1 is 1.33 bits per heavy atom. The smallest absolute Gasteiger partial charge is 0.244 e. The molecule has 2 rings (SSSR count). The van der Waals surface area contributed by atoms with Gasteiger partial charge >= 0.3 is 0 Å². The molecule has 1 aromatic heterocycles. The number of benzene rings is 1. The second-order valence-electron chi connectivity index (χ2n) is 3.11. The molecule has 0 unspecified atom stereocenters. The zero-order valence-electron chi connectivity index (χ0n) is 8.11. The highest BCUT2D eigenvalue weighted by atomic mass is 35.5. The van der Waals surface area contributed by atoms with Crippen LogP contribution in [0.15, 0.2) is 30.5 Å². The number of halogens is 1. The van der Waals surface area contributed by atoms with E-state index < -0.39 is 0 Å². The van der Waals surface area contributed by atoms with Crippen LogP contribution in [0.3, 0.4) is 0 Å². The highest BCUT2D eigenvalue weighted by Gasteiger charge is 1.98. The van der Waals surface area contributed by atoms with Crippen LogP contribution in [0.5, 0.6) is 0 Å². The van der Waals surface area contributed by atoms with E-state index in [0.717, 1.165) is 5.69 Å². The first kappa shape index (κ1) is 9.86. The van der Waals surface area contributed by atoms with Gasteiger partial charge in [0.15, 0.2) is 5.82 Å². The lowest BCUT2D eigenvalue weighted by atomic mass is 10.2. The number of hydrogen-bond donors (Lipinski definition) is 1. The number of aryl methyl sites for hydroxylation is 1. The van der Waals surface area contributed by atoms with Gasteiger partial charge in [-0.2, -0.15) is 10.1 Å². The molecule has 0 saturated carbocycles. The fourth-order valence-corrected chi connectivity index (χ4v) is 1.35. The van der Waals surface area contributed by atoms with Crippen molar-refractivity contribution in [3.8, 4) is 0 Å². The average Bonchev–Trinajstić information content (AvgIpc) is 2.17. The Labute approximate surface area is 92.3 Å². The molecule has 0 spiro atoms. The van der Waals surface area contributed by atoms with Gasteiger partial charge in [0.05, 0.1) is 6.20 Å². The third kappa shape index (κ3) is 2.63. The molecule has 1 heterocycles. The van der Waals surface area contributed by atoms with Crippen LogP contribution in [0.25, 0.3) is 0 Å². The maximum absolute atomic E-state index is 5.62. The third-order valence-corrected chi connectivity index (χ3v) is 1.98. The van der Waals surface area contributed by atoms with E-state index in [1.54, 1.807) is 0 Å². The molecule has 0 aliphatic carbocycles. The summed E-state index contributed by atoms with van der Waals surface area (Å²) in [6.07, 6.45) is 1.52. The topological polar surface area (TPSA) is 50.7 Å². The van der Waals surface area contributed by atoms with Crippen molar-refractivity contribution in [3.63, 3.8) is 0 Å². The second kappa shape index (κ2) is 4.23. The minimum atomic E-state index is 0.132. The second-order valence-corrected chi connectivity index (χ2v) is 3.44. The van der Waals surface area contributed by atoms with Gasteiger partial charge in [-0.1, -0.05) is 12.1 Å². The lowest BCUT2D eigenvalue weighted by Gasteiger charge is -2.04. The summed E-state index contributed by atoms with van der Waals surface area (Å²) in [5.74, 6) is 0.584. The third-order valence-electron chi connectivity index (χ3n) is 1.82. The largest absolute Gasteiger partial charge is 0.339 e. The quantitative estimate of drug-likeness (QED) is 0.845. The number of nitrogens with one attached hydrogen (secondary N) is 1. The summed E-state index contributed by atoms with van der Waals surface area (Å²) < 4.78 is 0. The fourth-order valence-electron chi connectivity index (χ4n) is 1.21. The Balaban J connectivity index is 2.22. The first-order valence-electron chi connectivity index (χ1n) is 4.43. The van der Waals surface area contributed by atoms with Crippen LogP contribution in [-0.4, -0.2) is 15.2 Å². The van der Waals surface area contributed by atoms with Crippen LogP contribution < -0.4 is 5.32 Å². The fraction of sp³-hybridized carbons (Fsp3) is 0.100. The van der Waals surface area contributed by atoms with Crippen LogP contribution in [0.1, 0.15) is 5.56 Å². The van der Waals surface area contributed by atoms with Crippen LogP contribution in [0.2, 0.25) is 5.28 Å². The van der Waals surface area contributed by atoms with Crippen molar-refractivity contribution in [2.24, 2.45) is 0 Å². The lowest BCUT2D eigenvalue weighted by molar-refractivity contribution is 0.974. The van der Waals surface area contributed by atoms with Crippen LogP contribution in [-0.2, 0) is 0 Å². The molecule has 1 aromatic carbocycles. The van der Waals surface area contributed by atoms with Crippen LogP contribution in [0.4, 0.5) is 11.5 Å². The highest BCUT2D eigenvalue weighted by molar-refractivity contribution is 6.28. The minimum absolute atomic E-state index is 0.132. The summed E-state index contributed by atoms with van der Waals surface area (Å²) in [6, 6.07) is 7.95. The molecule has 0 amide bonds. The Hall–Kier alpha value is -1.68. The maximum Gasteiger partial charge on any atom is 0.244 e. The van der Waals surface area contributed by atoms with Gasteiger partial charge in [-0.25, -0.2) is 0 Å². The summed E-state index contributed by atoms with van der Waals surface area (Å²) in [4.78, 5) is 3.98. The molecule has 76 valence electrons. The van der Waals surface area contributed by atoms with Crippen molar-refractivity contribution < 1.29 is 0 Å². The van der Waals surface area contributed by atoms with Gasteiger partial charge in [0.25, 0.3) is 0 Å². The van der Waals surface area contributed by atoms with Crippen molar-refractivity contribution in [1.29, 1.82) is 0 Å². The monoisotopic (exact) mass is 220 g/mol. The van der Waals surface area contributed by atoms with E-state index in [2.05, 4.69) is 20.5 Å². The van der Waals surface area contributed by atoms with Gasteiger partial charge in [0.2, 0.25) is 5.28 Å². The average molecular weight is 221 g/mol. The molecule has 0 aliphatic heterocycles. The number of anilines is 2. The molecule has 0 saturated heterocycles. The summed E-state index contributed by atoms with van der Waals surface area (Å²) in [5.41, 5.74) is 2.12. The van der Waals surface area contributed by atoms with Gasteiger partial charge in [0.1, 0.15) is 0 Å². The number of aromatic nitrogens is 3. The van der Waals surface area contributed by atoms with E-state index in [1.807, 2.05) is 31.2 Å². The van der Waals surface area contributed by atoms with E-state index in [0.29, 0.717) is 5.82 Å². The van der Waals surface area contributed by atoms with Gasteiger partial charge in [-0.3, -0.25) is 0 Å². The standard InChI is InChI=1S/C10H9ClN4/c1-7-3-2-4-8(5-7)13-9-6-12-15-10(11)14-9/h2-6H,1H3,(H,13,14,15). The van der Waals surface area contributed by atoms with Crippen molar-refractivity contribution >= 4 is 23.1 Å². The normalized spacial score (nSPS) is 10.0. The molecule has 5 heteroatoms. The number of rotatable bonds is 2. The van der Waals surface area contributed by atoms with Crippen molar-refractivity contribution in [1.82, 2.24) is 15.2 Å². The van der Waals surface area contributed by atoms with E-state index in [9.17, 15) is 0 Å². The van der Waals surface area contributed by atoms with Crippen molar-refractivity contribution in [2.45, 2.75) is 6.92 Å². The molecule has 0 radical (unpaired) electrons. The molecule has 15 heavy (non-hydrogen) atoms. The summed E-state index contributed by atoms with van der Waals surface area (Å²) in [7, 11) is 0. The van der Waals surface area contributed by atoms with Gasteiger partial charge in [-0.05, 0) is 36.2 Å². The lowest BCUT2D eigenvalue weighted by Crippen LogP contribution is -1.96. The van der Waals surface area contributed by atoms with Crippen molar-refractivity contribution in [3.05, 3.63) is 41.3 Å². The molecule has 1 N–H and O–H groups in total. The molecule has 0 bridgehead atoms. The van der Waals surface area contributed by atoms with E-state index in [-0.39, 0.29) is 5.28 Å². The Kier molecular flexibility index (Phi) is 2.78. The van der Waals surface area contributed by atoms with Crippen molar-refractivity contribution in [2.75, 3.05) is 5.32 Å². The molecule has 0 aliphatic rings. The molecule has 4 nitrogen and oxygen atoms in total.